The lowest BCUT2D eigenvalue weighted by Crippen LogP contribution is -2.10. The van der Waals surface area contributed by atoms with Crippen LogP contribution in [0.3, 0.4) is 0 Å². The SMILES string of the molecule is Cc1cc(C)cc(-c2ccc(CCC(=O)O)c(Oc3ccc(C(C)(C)C)cc3)c2)c1. The van der Waals surface area contributed by atoms with Crippen LogP contribution in [0, 0.1) is 13.8 Å². The molecule has 3 rings (SSSR count). The van der Waals surface area contributed by atoms with E-state index in [4.69, 9.17) is 9.84 Å². The quantitative estimate of drug-likeness (QED) is 0.479. The fourth-order valence-electron chi connectivity index (χ4n) is 3.57. The van der Waals surface area contributed by atoms with Crippen LogP contribution in [0.2, 0.25) is 0 Å². The van der Waals surface area contributed by atoms with Gasteiger partial charge in [0, 0.05) is 6.42 Å². The minimum Gasteiger partial charge on any atom is -0.481 e. The molecule has 156 valence electrons. The molecule has 0 heterocycles. The Balaban J connectivity index is 1.97. The van der Waals surface area contributed by atoms with Gasteiger partial charge in [-0.3, -0.25) is 4.79 Å². The molecule has 0 amide bonds. The molecule has 0 aromatic heterocycles. The van der Waals surface area contributed by atoms with Crippen molar-refractivity contribution in [2.75, 3.05) is 0 Å². The maximum Gasteiger partial charge on any atom is 0.303 e. The number of carbonyl (C=O) groups is 1. The van der Waals surface area contributed by atoms with Crippen LogP contribution in [-0.4, -0.2) is 11.1 Å². The lowest BCUT2D eigenvalue weighted by atomic mass is 9.87. The third kappa shape index (κ3) is 5.50. The van der Waals surface area contributed by atoms with Crippen molar-refractivity contribution in [3.63, 3.8) is 0 Å². The van der Waals surface area contributed by atoms with E-state index >= 15 is 0 Å². The number of aliphatic carboxylic acids is 1. The van der Waals surface area contributed by atoms with Gasteiger partial charge in [0.15, 0.2) is 0 Å². The van der Waals surface area contributed by atoms with Gasteiger partial charge in [-0.2, -0.15) is 0 Å². The number of carboxylic acids is 1. The van der Waals surface area contributed by atoms with Crippen LogP contribution >= 0.6 is 0 Å². The van der Waals surface area contributed by atoms with Gasteiger partial charge in [-0.1, -0.05) is 74.4 Å². The fraction of sp³-hybridized carbons (Fsp3) is 0.296. The Morgan fingerprint density at radius 1 is 0.867 bits per heavy atom. The van der Waals surface area contributed by atoms with Crippen LogP contribution in [0.4, 0.5) is 0 Å². The smallest absolute Gasteiger partial charge is 0.303 e. The van der Waals surface area contributed by atoms with Crippen LogP contribution in [0.25, 0.3) is 11.1 Å². The van der Waals surface area contributed by atoms with Crippen molar-refractivity contribution in [2.45, 2.75) is 52.9 Å². The Labute approximate surface area is 179 Å². The van der Waals surface area contributed by atoms with Crippen molar-refractivity contribution < 1.29 is 14.6 Å². The number of benzene rings is 3. The number of hydrogen-bond acceptors (Lipinski definition) is 2. The van der Waals surface area contributed by atoms with E-state index in [0.717, 1.165) is 22.4 Å². The maximum absolute atomic E-state index is 11.1. The van der Waals surface area contributed by atoms with E-state index in [-0.39, 0.29) is 11.8 Å². The molecule has 0 unspecified atom stereocenters. The van der Waals surface area contributed by atoms with Gasteiger partial charge in [0.1, 0.15) is 11.5 Å². The Morgan fingerprint density at radius 3 is 2.07 bits per heavy atom. The molecule has 3 aromatic rings. The molecule has 0 spiro atoms. The third-order valence-electron chi connectivity index (χ3n) is 5.18. The molecule has 0 radical (unpaired) electrons. The molecule has 0 fully saturated rings. The first-order valence-corrected chi connectivity index (χ1v) is 10.3. The number of hydrogen-bond donors (Lipinski definition) is 1. The van der Waals surface area contributed by atoms with Gasteiger partial charge in [0.25, 0.3) is 0 Å². The highest BCUT2D eigenvalue weighted by Gasteiger charge is 2.14. The van der Waals surface area contributed by atoms with E-state index in [1.54, 1.807) is 0 Å². The van der Waals surface area contributed by atoms with E-state index < -0.39 is 5.97 Å². The summed E-state index contributed by atoms with van der Waals surface area (Å²) in [4.78, 5) is 11.1. The molecular formula is C27H30O3. The topological polar surface area (TPSA) is 46.5 Å². The maximum atomic E-state index is 11.1. The van der Waals surface area contributed by atoms with E-state index in [1.807, 2.05) is 30.3 Å². The Hall–Kier alpha value is -3.07. The van der Waals surface area contributed by atoms with E-state index in [0.29, 0.717) is 12.2 Å². The summed E-state index contributed by atoms with van der Waals surface area (Å²) in [6.07, 6.45) is 0.500. The summed E-state index contributed by atoms with van der Waals surface area (Å²) < 4.78 is 6.24. The summed E-state index contributed by atoms with van der Waals surface area (Å²) in [6.45, 7) is 10.7. The van der Waals surface area contributed by atoms with Crippen molar-refractivity contribution >= 4 is 5.97 Å². The first-order valence-electron chi connectivity index (χ1n) is 10.3. The summed E-state index contributed by atoms with van der Waals surface area (Å²) in [7, 11) is 0. The zero-order chi connectivity index (χ0) is 21.9. The summed E-state index contributed by atoms with van der Waals surface area (Å²) in [5.74, 6) is 0.641. The van der Waals surface area contributed by atoms with Crippen molar-refractivity contribution in [1.29, 1.82) is 0 Å². The molecule has 30 heavy (non-hydrogen) atoms. The molecule has 0 saturated carbocycles. The van der Waals surface area contributed by atoms with E-state index in [1.165, 1.54) is 16.7 Å². The number of rotatable bonds is 6. The standard InChI is InChI=1S/C27H30O3/c1-18-14-19(2)16-22(15-18)21-7-6-20(8-13-26(28)29)25(17-21)30-24-11-9-23(10-12-24)27(3,4)5/h6-7,9-12,14-17H,8,13H2,1-5H3,(H,28,29). The number of carboxylic acid groups (broad SMARTS) is 1. The Bertz CT molecular complexity index is 1020. The zero-order valence-electron chi connectivity index (χ0n) is 18.5. The van der Waals surface area contributed by atoms with Crippen molar-refractivity contribution in [3.05, 3.63) is 82.9 Å². The van der Waals surface area contributed by atoms with E-state index in [9.17, 15) is 4.79 Å². The summed E-state index contributed by atoms with van der Waals surface area (Å²) in [5, 5.41) is 9.12. The van der Waals surface area contributed by atoms with E-state index in [2.05, 4.69) is 65.0 Å². The minimum atomic E-state index is -0.811. The Morgan fingerprint density at radius 2 is 1.50 bits per heavy atom. The summed E-state index contributed by atoms with van der Waals surface area (Å²) in [5.41, 5.74) is 6.82. The first kappa shape index (κ1) is 21.6. The predicted octanol–water partition coefficient (Wildman–Crippen LogP) is 7.08. The minimum absolute atomic E-state index is 0.0716. The van der Waals surface area contributed by atoms with Crippen LogP contribution in [0.1, 0.15) is 49.4 Å². The summed E-state index contributed by atoms with van der Waals surface area (Å²) in [6, 6.07) is 20.6. The van der Waals surface area contributed by atoms with Crippen LogP contribution in [0.5, 0.6) is 11.5 Å². The highest BCUT2D eigenvalue weighted by atomic mass is 16.5. The average molecular weight is 403 g/mol. The molecule has 0 aliphatic heterocycles. The average Bonchev–Trinajstić information content (AvgIpc) is 2.66. The normalized spacial score (nSPS) is 11.4. The fourth-order valence-corrected chi connectivity index (χ4v) is 3.57. The van der Waals surface area contributed by atoms with Crippen LogP contribution in [0.15, 0.2) is 60.7 Å². The monoisotopic (exact) mass is 402 g/mol. The second-order valence-corrected chi connectivity index (χ2v) is 8.97. The lowest BCUT2D eigenvalue weighted by molar-refractivity contribution is -0.136. The predicted molar refractivity (Wildman–Crippen MR) is 123 cm³/mol. The molecule has 0 aliphatic rings. The highest BCUT2D eigenvalue weighted by Crippen LogP contribution is 2.33. The third-order valence-corrected chi connectivity index (χ3v) is 5.18. The van der Waals surface area contributed by atoms with Crippen molar-refractivity contribution in [3.8, 4) is 22.6 Å². The molecule has 3 nitrogen and oxygen atoms in total. The molecule has 0 aliphatic carbocycles. The zero-order valence-corrected chi connectivity index (χ0v) is 18.5. The van der Waals surface area contributed by atoms with Gasteiger partial charge >= 0.3 is 5.97 Å². The molecule has 3 aromatic carbocycles. The number of aryl methyl sites for hydroxylation is 3. The second-order valence-electron chi connectivity index (χ2n) is 8.97. The second kappa shape index (κ2) is 8.74. The van der Waals surface area contributed by atoms with Gasteiger partial charge in [0.2, 0.25) is 0 Å². The molecule has 0 bridgehead atoms. The highest BCUT2D eigenvalue weighted by molar-refractivity contribution is 5.69. The molecule has 0 saturated heterocycles. The first-order chi connectivity index (χ1) is 14.1. The van der Waals surface area contributed by atoms with Gasteiger partial charge in [-0.15, -0.1) is 0 Å². The van der Waals surface area contributed by atoms with Crippen molar-refractivity contribution in [2.24, 2.45) is 0 Å². The molecular weight excluding hydrogens is 372 g/mol. The molecule has 0 atom stereocenters. The largest absolute Gasteiger partial charge is 0.481 e. The van der Waals surface area contributed by atoms with Gasteiger partial charge < -0.3 is 9.84 Å². The molecule has 1 N–H and O–H groups in total. The van der Waals surface area contributed by atoms with Gasteiger partial charge in [0.05, 0.1) is 0 Å². The van der Waals surface area contributed by atoms with Crippen LogP contribution in [-0.2, 0) is 16.6 Å². The van der Waals surface area contributed by atoms with Gasteiger partial charge in [-0.05, 0) is 66.1 Å². The summed E-state index contributed by atoms with van der Waals surface area (Å²) >= 11 is 0. The Kier molecular flexibility index (Phi) is 6.31. The van der Waals surface area contributed by atoms with Crippen molar-refractivity contribution in [1.82, 2.24) is 0 Å². The van der Waals surface area contributed by atoms with Gasteiger partial charge in [-0.25, -0.2) is 0 Å². The lowest BCUT2D eigenvalue weighted by Gasteiger charge is -2.19. The van der Waals surface area contributed by atoms with Crippen LogP contribution < -0.4 is 4.74 Å². The molecule has 3 heteroatoms. The number of ether oxygens (including phenoxy) is 1.